The summed E-state index contributed by atoms with van der Waals surface area (Å²) in [5.41, 5.74) is 6.93. The van der Waals surface area contributed by atoms with Gasteiger partial charge in [0.15, 0.2) is 9.84 Å². The molecule has 0 bridgehead atoms. The van der Waals surface area contributed by atoms with Crippen LogP contribution in [0, 0.1) is 6.92 Å². The molecule has 0 aliphatic carbocycles. The van der Waals surface area contributed by atoms with Crippen molar-refractivity contribution in [1.29, 1.82) is 0 Å². The fraction of sp³-hybridized carbons (Fsp3) is 0.538. The van der Waals surface area contributed by atoms with Gasteiger partial charge in [-0.3, -0.25) is 0 Å². The van der Waals surface area contributed by atoms with E-state index < -0.39 is 25.9 Å². The first-order valence-corrected chi connectivity index (χ1v) is 10.0. The number of hydrogen-bond donors (Lipinski definition) is 1. The highest BCUT2D eigenvalue weighted by molar-refractivity contribution is 7.92. The molecule has 1 aliphatic heterocycles. The maximum Gasteiger partial charge on any atom is 0.243 e. The summed E-state index contributed by atoms with van der Waals surface area (Å²) in [5.74, 6) is -0.0571. The predicted octanol–water partition coefficient (Wildman–Crippen LogP) is 0.775. The van der Waals surface area contributed by atoms with Gasteiger partial charge in [-0.15, -0.1) is 0 Å². The van der Waals surface area contributed by atoms with E-state index in [0.29, 0.717) is 17.7 Å². The van der Waals surface area contributed by atoms with Gasteiger partial charge in [-0.25, -0.2) is 16.8 Å². The van der Waals surface area contributed by atoms with Gasteiger partial charge in [-0.1, -0.05) is 6.92 Å². The lowest BCUT2D eigenvalue weighted by atomic mass is 10.2. The maximum atomic E-state index is 12.7. The van der Waals surface area contributed by atoms with E-state index >= 15 is 0 Å². The van der Waals surface area contributed by atoms with E-state index in [1.165, 1.54) is 16.4 Å². The van der Waals surface area contributed by atoms with E-state index in [2.05, 4.69) is 0 Å². The summed E-state index contributed by atoms with van der Waals surface area (Å²) in [5, 5.41) is 0. The van der Waals surface area contributed by atoms with Crippen molar-refractivity contribution in [2.45, 2.75) is 31.2 Å². The third-order valence-corrected chi connectivity index (χ3v) is 7.55. The number of aryl methyl sites for hydroxylation is 1. The molecule has 21 heavy (non-hydrogen) atoms. The van der Waals surface area contributed by atoms with Gasteiger partial charge in [0.1, 0.15) is 0 Å². The average molecular weight is 332 g/mol. The van der Waals surface area contributed by atoms with Crippen molar-refractivity contribution in [3.63, 3.8) is 0 Å². The maximum absolute atomic E-state index is 12.7. The lowest BCUT2D eigenvalue weighted by Gasteiger charge is -2.26. The van der Waals surface area contributed by atoms with Gasteiger partial charge in [-0.05, 0) is 37.1 Å². The van der Waals surface area contributed by atoms with Crippen molar-refractivity contribution in [1.82, 2.24) is 4.31 Å². The lowest BCUT2D eigenvalue weighted by molar-refractivity contribution is 0.354. The fourth-order valence-electron chi connectivity index (χ4n) is 2.57. The number of anilines is 1. The molecule has 1 aromatic rings. The van der Waals surface area contributed by atoms with Gasteiger partial charge in [0, 0.05) is 18.3 Å². The number of nitrogen functional groups attached to an aromatic ring is 1. The topological polar surface area (TPSA) is 97.5 Å². The van der Waals surface area contributed by atoms with Crippen molar-refractivity contribution in [3.05, 3.63) is 23.8 Å². The van der Waals surface area contributed by atoms with Crippen LogP contribution < -0.4 is 5.73 Å². The Kier molecular flexibility index (Phi) is 4.32. The Morgan fingerprint density at radius 3 is 2.52 bits per heavy atom. The highest BCUT2D eigenvalue weighted by Gasteiger charge is 2.37. The van der Waals surface area contributed by atoms with Crippen LogP contribution in [0.4, 0.5) is 5.69 Å². The molecule has 1 aromatic carbocycles. The molecule has 0 radical (unpaired) electrons. The van der Waals surface area contributed by atoms with Gasteiger partial charge >= 0.3 is 0 Å². The molecule has 118 valence electrons. The number of nitrogens with zero attached hydrogens (tertiary/aromatic N) is 1. The Hall–Kier alpha value is -1.12. The zero-order valence-corrected chi connectivity index (χ0v) is 13.7. The van der Waals surface area contributed by atoms with Crippen molar-refractivity contribution < 1.29 is 16.8 Å². The van der Waals surface area contributed by atoms with Crippen LogP contribution >= 0.6 is 0 Å². The number of nitrogens with two attached hydrogens (primary N) is 1. The van der Waals surface area contributed by atoms with Gasteiger partial charge in [0.2, 0.25) is 10.0 Å². The monoisotopic (exact) mass is 332 g/mol. The molecule has 2 N–H and O–H groups in total. The highest BCUT2D eigenvalue weighted by atomic mass is 32.2. The number of hydrogen-bond acceptors (Lipinski definition) is 5. The number of benzene rings is 1. The molecule has 0 amide bonds. The highest BCUT2D eigenvalue weighted by Crippen LogP contribution is 2.26. The zero-order valence-electron chi connectivity index (χ0n) is 12.1. The largest absolute Gasteiger partial charge is 0.399 e. The van der Waals surface area contributed by atoms with Crippen molar-refractivity contribution >= 4 is 25.5 Å². The van der Waals surface area contributed by atoms with Crippen molar-refractivity contribution in [3.8, 4) is 0 Å². The Morgan fingerprint density at radius 2 is 2.05 bits per heavy atom. The Labute approximate surface area is 125 Å². The predicted molar refractivity (Wildman–Crippen MR) is 82.2 cm³/mol. The molecule has 1 saturated heterocycles. The second-order valence-corrected chi connectivity index (χ2v) is 9.40. The van der Waals surface area contributed by atoms with E-state index in [-0.39, 0.29) is 22.9 Å². The standard InChI is InChI=1S/C13H20N2O4S2/c1-3-15(11-6-7-20(16,17)9-11)21(18,19)12-4-5-13(14)10(2)8-12/h4-5,8,11H,3,6-7,9,14H2,1-2H3. The summed E-state index contributed by atoms with van der Waals surface area (Å²) < 4.78 is 49.9. The summed E-state index contributed by atoms with van der Waals surface area (Å²) >= 11 is 0. The minimum absolute atomic E-state index is 0.0461. The summed E-state index contributed by atoms with van der Waals surface area (Å²) in [6, 6.07) is 4.06. The third kappa shape index (κ3) is 3.22. The van der Waals surface area contributed by atoms with Crippen LogP contribution in [0.2, 0.25) is 0 Å². The first kappa shape index (κ1) is 16.3. The molecule has 6 nitrogen and oxygen atoms in total. The summed E-state index contributed by atoms with van der Waals surface area (Å²) in [6.07, 6.45) is 0.351. The molecule has 1 aliphatic rings. The van der Waals surface area contributed by atoms with Gasteiger partial charge in [-0.2, -0.15) is 4.31 Å². The first-order chi connectivity index (χ1) is 9.67. The quantitative estimate of drug-likeness (QED) is 0.822. The number of sulfone groups is 1. The van der Waals surface area contributed by atoms with Crippen LogP contribution in [0.3, 0.4) is 0 Å². The minimum Gasteiger partial charge on any atom is -0.399 e. The Balaban J connectivity index is 2.38. The van der Waals surface area contributed by atoms with Crippen LogP contribution in [0.5, 0.6) is 0 Å². The summed E-state index contributed by atoms with van der Waals surface area (Å²) in [4.78, 5) is 0.153. The number of rotatable bonds is 4. The minimum atomic E-state index is -3.71. The average Bonchev–Trinajstić information content (AvgIpc) is 2.73. The normalized spacial score (nSPS) is 21.8. The molecule has 1 fully saturated rings. The Bertz CT molecular complexity index is 741. The zero-order chi connectivity index (χ0) is 15.8. The summed E-state index contributed by atoms with van der Waals surface area (Å²) in [6.45, 7) is 3.70. The van der Waals surface area contributed by atoms with E-state index in [1.54, 1.807) is 19.9 Å². The third-order valence-electron chi connectivity index (χ3n) is 3.78. The lowest BCUT2D eigenvalue weighted by Crippen LogP contribution is -2.40. The van der Waals surface area contributed by atoms with Crippen LogP contribution in [0.15, 0.2) is 23.1 Å². The molecular weight excluding hydrogens is 312 g/mol. The second kappa shape index (κ2) is 5.58. The molecule has 2 rings (SSSR count). The molecular formula is C13H20N2O4S2. The number of sulfonamides is 1. The first-order valence-electron chi connectivity index (χ1n) is 6.76. The van der Waals surface area contributed by atoms with Crippen LogP contribution in [0.1, 0.15) is 18.9 Å². The fourth-order valence-corrected chi connectivity index (χ4v) is 6.14. The molecule has 1 heterocycles. The van der Waals surface area contributed by atoms with Gasteiger partial charge in [0.25, 0.3) is 0 Å². The van der Waals surface area contributed by atoms with Crippen molar-refractivity contribution in [2.75, 3.05) is 23.8 Å². The van der Waals surface area contributed by atoms with E-state index in [0.717, 1.165) is 0 Å². The van der Waals surface area contributed by atoms with Crippen LogP contribution in [-0.2, 0) is 19.9 Å². The molecule has 1 atom stereocenters. The van der Waals surface area contributed by atoms with Crippen LogP contribution in [0.25, 0.3) is 0 Å². The molecule has 0 saturated carbocycles. The summed E-state index contributed by atoms with van der Waals surface area (Å²) in [7, 11) is -6.84. The molecule has 0 spiro atoms. The second-order valence-electron chi connectivity index (χ2n) is 5.28. The van der Waals surface area contributed by atoms with E-state index in [4.69, 9.17) is 5.73 Å². The van der Waals surface area contributed by atoms with Gasteiger partial charge in [0.05, 0.1) is 16.4 Å². The van der Waals surface area contributed by atoms with E-state index in [1.807, 2.05) is 0 Å². The molecule has 1 unspecified atom stereocenters. The van der Waals surface area contributed by atoms with Crippen LogP contribution in [-0.4, -0.2) is 45.2 Å². The smallest absolute Gasteiger partial charge is 0.243 e. The van der Waals surface area contributed by atoms with Gasteiger partial charge < -0.3 is 5.73 Å². The SMILES string of the molecule is CCN(C1CCS(=O)(=O)C1)S(=O)(=O)c1ccc(N)c(C)c1. The molecule has 0 aromatic heterocycles. The molecule has 8 heteroatoms. The van der Waals surface area contributed by atoms with Crippen molar-refractivity contribution in [2.24, 2.45) is 0 Å². The van der Waals surface area contributed by atoms with E-state index in [9.17, 15) is 16.8 Å². The Morgan fingerprint density at radius 1 is 1.38 bits per heavy atom.